The zero-order valence-electron chi connectivity index (χ0n) is 12.0. The van der Waals surface area contributed by atoms with Crippen LogP contribution in [0.2, 0.25) is 0 Å². The summed E-state index contributed by atoms with van der Waals surface area (Å²) in [4.78, 5) is 0. The highest BCUT2D eigenvalue weighted by Crippen LogP contribution is 2.13. The lowest BCUT2D eigenvalue weighted by molar-refractivity contribution is 0.448. The van der Waals surface area contributed by atoms with Gasteiger partial charge in [0.1, 0.15) is 9.84 Å². The molecular weight excluding hydrogens is 246 g/mol. The Hall–Kier alpha value is -0.0900. The van der Waals surface area contributed by atoms with Crippen LogP contribution in [0.5, 0.6) is 0 Å². The van der Waals surface area contributed by atoms with Crippen LogP contribution in [0.25, 0.3) is 0 Å². The molecule has 0 amide bonds. The van der Waals surface area contributed by atoms with Gasteiger partial charge in [0, 0.05) is 6.04 Å². The van der Waals surface area contributed by atoms with E-state index in [0.717, 1.165) is 25.3 Å². The molecule has 108 valence electrons. The first-order chi connectivity index (χ1) is 8.49. The van der Waals surface area contributed by atoms with Gasteiger partial charge < -0.3 is 5.32 Å². The van der Waals surface area contributed by atoms with Gasteiger partial charge in [0.15, 0.2) is 0 Å². The predicted octanol–water partition coefficient (Wildman–Crippen LogP) is 2.76. The molecule has 1 aliphatic heterocycles. The maximum atomic E-state index is 11.3. The highest BCUT2D eigenvalue weighted by atomic mass is 32.2. The predicted molar refractivity (Wildman–Crippen MR) is 77.6 cm³/mol. The fraction of sp³-hybridized carbons (Fsp3) is 1.00. The number of sulfone groups is 1. The maximum Gasteiger partial charge on any atom is 0.150 e. The molecule has 0 bridgehead atoms. The molecule has 0 atom stereocenters. The van der Waals surface area contributed by atoms with Gasteiger partial charge in [0.05, 0.1) is 11.5 Å². The summed E-state index contributed by atoms with van der Waals surface area (Å²) < 4.78 is 22.5. The molecule has 1 rings (SSSR count). The number of rotatable bonds is 8. The number of hydrogen-bond acceptors (Lipinski definition) is 3. The van der Waals surface area contributed by atoms with Crippen LogP contribution >= 0.6 is 0 Å². The smallest absolute Gasteiger partial charge is 0.150 e. The third-order valence-electron chi connectivity index (χ3n) is 3.70. The van der Waals surface area contributed by atoms with E-state index in [0.29, 0.717) is 17.5 Å². The van der Waals surface area contributed by atoms with Crippen molar-refractivity contribution in [2.24, 2.45) is 5.92 Å². The quantitative estimate of drug-likeness (QED) is 0.693. The van der Waals surface area contributed by atoms with E-state index in [1.54, 1.807) is 0 Å². The van der Waals surface area contributed by atoms with Gasteiger partial charge in [-0.2, -0.15) is 0 Å². The van der Waals surface area contributed by atoms with E-state index < -0.39 is 9.84 Å². The Bertz CT molecular complexity index is 298. The molecule has 4 heteroatoms. The molecule has 0 unspecified atom stereocenters. The molecule has 0 aromatic carbocycles. The van der Waals surface area contributed by atoms with Crippen molar-refractivity contribution < 1.29 is 8.42 Å². The Labute approximate surface area is 113 Å². The zero-order chi connectivity index (χ0) is 13.4. The van der Waals surface area contributed by atoms with Gasteiger partial charge in [0.2, 0.25) is 0 Å². The number of unbranched alkanes of at least 4 members (excludes halogenated alkanes) is 3. The molecule has 0 aliphatic carbocycles. The normalized spacial score (nSPS) is 20.4. The molecule has 1 aliphatic rings. The summed E-state index contributed by atoms with van der Waals surface area (Å²) in [6.45, 7) is 5.60. The maximum absolute atomic E-state index is 11.3. The Morgan fingerprint density at radius 2 is 1.67 bits per heavy atom. The third kappa shape index (κ3) is 7.37. The molecule has 0 aromatic heterocycles. The first-order valence-corrected chi connectivity index (χ1v) is 9.25. The van der Waals surface area contributed by atoms with Crippen LogP contribution in [0.15, 0.2) is 0 Å². The van der Waals surface area contributed by atoms with Crippen LogP contribution in [0, 0.1) is 5.92 Å². The highest BCUT2D eigenvalue weighted by molar-refractivity contribution is 7.91. The van der Waals surface area contributed by atoms with Crippen molar-refractivity contribution in [1.29, 1.82) is 0 Å². The largest absolute Gasteiger partial charge is 0.314 e. The lowest BCUT2D eigenvalue weighted by atomic mass is 10.0. The van der Waals surface area contributed by atoms with E-state index in [9.17, 15) is 8.42 Å². The van der Waals surface area contributed by atoms with Crippen molar-refractivity contribution in [3.05, 3.63) is 0 Å². The SMILES string of the molecule is CC(C)CCCCCCNC1CCS(=O)(=O)CC1. The summed E-state index contributed by atoms with van der Waals surface area (Å²) in [5, 5.41) is 3.49. The minimum Gasteiger partial charge on any atom is -0.314 e. The van der Waals surface area contributed by atoms with E-state index in [2.05, 4.69) is 19.2 Å². The van der Waals surface area contributed by atoms with E-state index in [4.69, 9.17) is 0 Å². The molecule has 0 aromatic rings. The molecule has 0 saturated carbocycles. The molecule has 1 fully saturated rings. The van der Waals surface area contributed by atoms with Crippen LogP contribution in [-0.2, 0) is 9.84 Å². The fourth-order valence-corrected chi connectivity index (χ4v) is 3.92. The second kappa shape index (κ2) is 8.16. The third-order valence-corrected chi connectivity index (χ3v) is 5.41. The van der Waals surface area contributed by atoms with Gasteiger partial charge in [-0.1, -0.05) is 39.5 Å². The molecule has 3 nitrogen and oxygen atoms in total. The van der Waals surface area contributed by atoms with Crippen LogP contribution < -0.4 is 5.32 Å². The van der Waals surface area contributed by atoms with Gasteiger partial charge >= 0.3 is 0 Å². The summed E-state index contributed by atoms with van der Waals surface area (Å²) in [6, 6.07) is 0.434. The second-order valence-electron chi connectivity index (χ2n) is 5.98. The Morgan fingerprint density at radius 1 is 1.06 bits per heavy atom. The summed E-state index contributed by atoms with van der Waals surface area (Å²) in [6.07, 6.45) is 8.14. The molecule has 18 heavy (non-hydrogen) atoms. The molecule has 0 radical (unpaired) electrons. The van der Waals surface area contributed by atoms with Crippen molar-refractivity contribution in [3.63, 3.8) is 0 Å². The van der Waals surface area contributed by atoms with E-state index in [1.807, 2.05) is 0 Å². The monoisotopic (exact) mass is 275 g/mol. The van der Waals surface area contributed by atoms with Gasteiger partial charge in [0.25, 0.3) is 0 Å². The Kier molecular flexibility index (Phi) is 7.23. The molecule has 1 N–H and O–H groups in total. The minimum absolute atomic E-state index is 0.374. The van der Waals surface area contributed by atoms with Crippen LogP contribution in [0.1, 0.15) is 58.8 Å². The highest BCUT2D eigenvalue weighted by Gasteiger charge is 2.22. The van der Waals surface area contributed by atoms with Gasteiger partial charge in [-0.25, -0.2) is 8.42 Å². The summed E-state index contributed by atoms with van der Waals surface area (Å²) in [5.74, 6) is 1.57. The van der Waals surface area contributed by atoms with Crippen molar-refractivity contribution >= 4 is 9.84 Å². The fourth-order valence-electron chi connectivity index (χ4n) is 2.43. The summed E-state index contributed by atoms with van der Waals surface area (Å²) in [5.41, 5.74) is 0. The standard InChI is InChI=1S/C14H29NO2S/c1-13(2)7-5-3-4-6-10-15-14-8-11-18(16,17)12-9-14/h13-15H,3-12H2,1-2H3. The molecule has 0 spiro atoms. The van der Waals surface area contributed by atoms with E-state index in [1.165, 1.54) is 32.1 Å². The number of nitrogens with one attached hydrogen (secondary N) is 1. The topological polar surface area (TPSA) is 46.2 Å². The van der Waals surface area contributed by atoms with Gasteiger partial charge in [-0.15, -0.1) is 0 Å². The van der Waals surface area contributed by atoms with Crippen molar-refractivity contribution in [2.75, 3.05) is 18.1 Å². The summed E-state index contributed by atoms with van der Waals surface area (Å²) >= 11 is 0. The molecule has 1 heterocycles. The Morgan fingerprint density at radius 3 is 2.28 bits per heavy atom. The van der Waals surface area contributed by atoms with Crippen LogP contribution in [0.3, 0.4) is 0 Å². The van der Waals surface area contributed by atoms with Crippen LogP contribution in [0.4, 0.5) is 0 Å². The van der Waals surface area contributed by atoms with E-state index >= 15 is 0 Å². The average molecular weight is 275 g/mol. The Balaban J connectivity index is 1.93. The first kappa shape index (κ1) is 16.0. The second-order valence-corrected chi connectivity index (χ2v) is 8.28. The first-order valence-electron chi connectivity index (χ1n) is 7.43. The molecular formula is C14H29NO2S. The lowest BCUT2D eigenvalue weighted by Gasteiger charge is -2.23. The minimum atomic E-state index is -2.71. The van der Waals surface area contributed by atoms with E-state index in [-0.39, 0.29) is 0 Å². The molecule has 1 saturated heterocycles. The average Bonchev–Trinajstić information content (AvgIpc) is 2.29. The van der Waals surface area contributed by atoms with Crippen molar-refractivity contribution in [1.82, 2.24) is 5.32 Å². The van der Waals surface area contributed by atoms with Gasteiger partial charge in [-0.05, 0) is 31.7 Å². The summed E-state index contributed by atoms with van der Waals surface area (Å²) in [7, 11) is -2.71. The van der Waals surface area contributed by atoms with Crippen LogP contribution in [-0.4, -0.2) is 32.5 Å². The zero-order valence-corrected chi connectivity index (χ0v) is 12.8. The lowest BCUT2D eigenvalue weighted by Crippen LogP contribution is -2.37. The van der Waals surface area contributed by atoms with Crippen molar-refractivity contribution in [3.8, 4) is 0 Å². The number of hydrogen-bond donors (Lipinski definition) is 1. The van der Waals surface area contributed by atoms with Crippen molar-refractivity contribution in [2.45, 2.75) is 64.8 Å². The van der Waals surface area contributed by atoms with Gasteiger partial charge in [-0.3, -0.25) is 0 Å².